The van der Waals surface area contributed by atoms with E-state index in [4.69, 9.17) is 33.3 Å². The zero-order valence-corrected chi connectivity index (χ0v) is 23.0. The number of halogens is 2. The molecule has 0 aliphatic carbocycles. The normalized spacial score (nSPS) is 15.0. The van der Waals surface area contributed by atoms with Crippen LogP contribution in [0.4, 0.5) is 5.82 Å². The number of para-hydroxylation sites is 1. The van der Waals surface area contributed by atoms with Crippen molar-refractivity contribution in [2.45, 2.75) is 31.6 Å². The van der Waals surface area contributed by atoms with E-state index in [0.717, 1.165) is 33.8 Å². The van der Waals surface area contributed by atoms with Gasteiger partial charge in [0.2, 0.25) is 0 Å². The number of ketones is 1. The summed E-state index contributed by atoms with van der Waals surface area (Å²) in [6, 6.07) is 25.4. The van der Waals surface area contributed by atoms with E-state index in [1.165, 1.54) is 0 Å². The minimum Gasteiger partial charge on any atom is -0.355 e. The Hall–Kier alpha value is -3.74. The van der Waals surface area contributed by atoms with Crippen LogP contribution < -0.4 is 4.90 Å². The van der Waals surface area contributed by atoms with E-state index < -0.39 is 5.41 Å². The number of Topliss-reactive ketones (excluding diaryl/α,β-unsaturated/α-hetero) is 1. The van der Waals surface area contributed by atoms with Crippen LogP contribution >= 0.6 is 23.2 Å². The lowest BCUT2D eigenvalue weighted by Gasteiger charge is -2.41. The maximum absolute atomic E-state index is 13.3. The van der Waals surface area contributed by atoms with Gasteiger partial charge in [0.15, 0.2) is 11.3 Å². The molecule has 39 heavy (non-hydrogen) atoms. The molecule has 0 radical (unpaired) electrons. The Morgan fingerprint density at radius 2 is 1.56 bits per heavy atom. The number of benzene rings is 3. The van der Waals surface area contributed by atoms with Crippen molar-refractivity contribution in [3.8, 4) is 16.9 Å². The van der Waals surface area contributed by atoms with E-state index >= 15 is 0 Å². The molecule has 6 nitrogen and oxygen atoms in total. The third kappa shape index (κ3) is 4.48. The summed E-state index contributed by atoms with van der Waals surface area (Å²) in [7, 11) is 0. The molecule has 1 saturated heterocycles. The lowest BCUT2D eigenvalue weighted by atomic mass is 9.69. The van der Waals surface area contributed by atoms with Crippen molar-refractivity contribution in [1.29, 1.82) is 0 Å². The van der Waals surface area contributed by atoms with E-state index in [0.29, 0.717) is 47.9 Å². The Kier molecular flexibility index (Phi) is 6.83. The number of anilines is 1. The topological polar surface area (TPSA) is 63.9 Å². The summed E-state index contributed by atoms with van der Waals surface area (Å²) in [5.74, 6) is 1.04. The number of rotatable bonds is 6. The molecular weight excluding hydrogens is 529 g/mol. The number of nitrogens with zero attached hydrogens (tertiary/aromatic N) is 5. The highest BCUT2D eigenvalue weighted by molar-refractivity contribution is 6.32. The molecule has 0 bridgehead atoms. The van der Waals surface area contributed by atoms with Crippen molar-refractivity contribution in [2.75, 3.05) is 18.0 Å². The molecule has 3 aromatic carbocycles. The van der Waals surface area contributed by atoms with E-state index in [1.807, 2.05) is 78.3 Å². The first-order valence-corrected chi connectivity index (χ1v) is 13.9. The molecule has 3 heterocycles. The molecular formula is C31H27Cl2N5O. The van der Waals surface area contributed by atoms with E-state index in [2.05, 4.69) is 22.0 Å². The Bertz CT molecular complexity index is 1640. The van der Waals surface area contributed by atoms with Crippen molar-refractivity contribution < 1.29 is 4.79 Å². The van der Waals surface area contributed by atoms with Crippen LogP contribution in [0.3, 0.4) is 0 Å². The van der Waals surface area contributed by atoms with Crippen molar-refractivity contribution in [3.05, 3.63) is 101 Å². The molecule has 0 spiro atoms. The predicted octanol–water partition coefficient (Wildman–Crippen LogP) is 7.31. The lowest BCUT2D eigenvalue weighted by molar-refractivity contribution is -0.125. The smallest absolute Gasteiger partial charge is 0.160 e. The molecule has 196 valence electrons. The Labute approximate surface area is 237 Å². The van der Waals surface area contributed by atoms with Crippen molar-refractivity contribution in [1.82, 2.24) is 19.7 Å². The number of hydrogen-bond acceptors (Lipinski definition) is 5. The maximum Gasteiger partial charge on any atom is 0.160 e. The highest BCUT2D eigenvalue weighted by Crippen LogP contribution is 2.41. The molecule has 1 fully saturated rings. The SMILES string of the molecule is CCC(=O)C1(c2ccccc2)CCN(c2ncnc3c(-c4ccc(Cl)cc4)n(-c4ccccc4Cl)nc23)CC1. The van der Waals surface area contributed by atoms with Crippen molar-refractivity contribution in [2.24, 2.45) is 0 Å². The number of hydrogen-bond donors (Lipinski definition) is 0. The van der Waals surface area contributed by atoms with Crippen LogP contribution in [0.1, 0.15) is 31.7 Å². The minimum atomic E-state index is -0.482. The van der Waals surface area contributed by atoms with Crippen LogP contribution in [0.25, 0.3) is 28.0 Å². The van der Waals surface area contributed by atoms with Gasteiger partial charge in [-0.15, -0.1) is 0 Å². The average Bonchev–Trinajstić information content (AvgIpc) is 3.37. The largest absolute Gasteiger partial charge is 0.355 e. The summed E-state index contributed by atoms with van der Waals surface area (Å²) in [6.45, 7) is 3.32. The summed E-state index contributed by atoms with van der Waals surface area (Å²) in [5.41, 5.74) is 4.52. The summed E-state index contributed by atoms with van der Waals surface area (Å²) in [6.07, 6.45) is 3.53. The van der Waals surface area contributed by atoms with Gasteiger partial charge in [0.25, 0.3) is 0 Å². The summed E-state index contributed by atoms with van der Waals surface area (Å²) < 4.78 is 1.84. The van der Waals surface area contributed by atoms with Crippen LogP contribution in [0.5, 0.6) is 0 Å². The van der Waals surface area contributed by atoms with Gasteiger partial charge in [-0.25, -0.2) is 14.6 Å². The third-order valence-electron chi connectivity index (χ3n) is 7.74. The van der Waals surface area contributed by atoms with Crippen LogP contribution in [0.15, 0.2) is 85.2 Å². The molecule has 2 aromatic heterocycles. The first-order chi connectivity index (χ1) is 19.0. The number of carbonyl (C=O) groups is 1. The zero-order valence-electron chi connectivity index (χ0n) is 21.5. The van der Waals surface area contributed by atoms with Gasteiger partial charge in [0.1, 0.15) is 23.3 Å². The third-order valence-corrected chi connectivity index (χ3v) is 8.31. The first-order valence-electron chi connectivity index (χ1n) is 13.1. The van der Waals surface area contributed by atoms with Crippen LogP contribution in [-0.4, -0.2) is 38.6 Å². The van der Waals surface area contributed by atoms with Gasteiger partial charge in [-0.2, -0.15) is 5.10 Å². The van der Waals surface area contributed by atoms with Crippen molar-refractivity contribution >= 4 is 45.8 Å². The lowest BCUT2D eigenvalue weighted by Crippen LogP contribution is -2.47. The molecule has 5 aromatic rings. The Balaban J connectivity index is 1.45. The summed E-state index contributed by atoms with van der Waals surface area (Å²) >= 11 is 12.8. The highest BCUT2D eigenvalue weighted by Gasteiger charge is 2.42. The molecule has 1 aliphatic rings. The van der Waals surface area contributed by atoms with E-state index in [-0.39, 0.29) is 5.78 Å². The van der Waals surface area contributed by atoms with Crippen LogP contribution in [0.2, 0.25) is 10.0 Å². The van der Waals surface area contributed by atoms with Gasteiger partial charge in [0.05, 0.1) is 16.1 Å². The number of carbonyl (C=O) groups excluding carboxylic acids is 1. The second-order valence-corrected chi connectivity index (χ2v) is 10.7. The van der Waals surface area contributed by atoms with Gasteiger partial charge in [-0.05, 0) is 42.7 Å². The zero-order chi connectivity index (χ0) is 27.0. The van der Waals surface area contributed by atoms with E-state index in [9.17, 15) is 4.79 Å². The van der Waals surface area contributed by atoms with Gasteiger partial charge in [0, 0.05) is 30.1 Å². The molecule has 6 rings (SSSR count). The Morgan fingerprint density at radius 3 is 2.26 bits per heavy atom. The van der Waals surface area contributed by atoms with Gasteiger partial charge < -0.3 is 4.90 Å². The maximum atomic E-state index is 13.3. The fourth-order valence-corrected chi connectivity index (χ4v) is 6.05. The Morgan fingerprint density at radius 1 is 0.872 bits per heavy atom. The van der Waals surface area contributed by atoms with Crippen LogP contribution in [0, 0.1) is 0 Å². The number of aromatic nitrogens is 4. The second-order valence-electron chi connectivity index (χ2n) is 9.83. The molecule has 0 N–H and O–H groups in total. The fourth-order valence-electron chi connectivity index (χ4n) is 5.71. The molecule has 0 saturated carbocycles. The fraction of sp³-hybridized carbons (Fsp3) is 0.226. The van der Waals surface area contributed by atoms with Crippen LogP contribution in [-0.2, 0) is 10.2 Å². The number of piperidine rings is 1. The molecule has 0 amide bonds. The van der Waals surface area contributed by atoms with Gasteiger partial charge in [-0.1, -0.05) is 84.7 Å². The summed E-state index contributed by atoms with van der Waals surface area (Å²) in [4.78, 5) is 24.9. The number of fused-ring (bicyclic) bond motifs is 1. The molecule has 0 unspecified atom stereocenters. The molecule has 0 atom stereocenters. The monoisotopic (exact) mass is 555 g/mol. The molecule has 1 aliphatic heterocycles. The standard InChI is InChI=1S/C31H27Cl2N5O/c1-2-26(39)31(22-8-4-3-5-9-22)16-18-37(19-17-31)30-28-27(34-20-35-30)29(21-12-14-23(32)15-13-21)38(36-28)25-11-7-6-10-24(25)33/h3-15,20H,2,16-19H2,1H3. The van der Waals surface area contributed by atoms with Gasteiger partial charge >= 0.3 is 0 Å². The minimum absolute atomic E-state index is 0.286. The van der Waals surface area contributed by atoms with Crippen molar-refractivity contribution in [3.63, 3.8) is 0 Å². The quantitative estimate of drug-likeness (QED) is 0.220. The average molecular weight is 556 g/mol. The van der Waals surface area contributed by atoms with E-state index in [1.54, 1.807) is 6.33 Å². The first kappa shape index (κ1) is 25.5. The highest BCUT2D eigenvalue weighted by atomic mass is 35.5. The summed E-state index contributed by atoms with van der Waals surface area (Å²) in [5, 5.41) is 6.26. The predicted molar refractivity (Wildman–Crippen MR) is 157 cm³/mol. The molecule has 8 heteroatoms. The second kappa shape index (κ2) is 10.4. The van der Waals surface area contributed by atoms with Gasteiger partial charge in [-0.3, -0.25) is 4.79 Å².